The van der Waals surface area contributed by atoms with Gasteiger partial charge in [-0.1, -0.05) is 0 Å². The Balaban J connectivity index is 2.19. The lowest BCUT2D eigenvalue weighted by Gasteiger charge is -2.52. The molecule has 0 aliphatic carbocycles. The number of rotatable bonds is 1. The number of fused-ring (bicyclic) bond motifs is 1. The summed E-state index contributed by atoms with van der Waals surface area (Å²) in [7, 11) is 0. The van der Waals surface area contributed by atoms with Crippen LogP contribution in [0.4, 0.5) is 0 Å². The van der Waals surface area contributed by atoms with Gasteiger partial charge in [-0.05, 0) is 26.8 Å². The van der Waals surface area contributed by atoms with Crippen molar-refractivity contribution < 1.29 is 0 Å². The largest absolute Gasteiger partial charge is 0.310 e. The van der Waals surface area contributed by atoms with Gasteiger partial charge in [-0.15, -0.1) is 0 Å². The van der Waals surface area contributed by atoms with Crippen LogP contribution in [-0.4, -0.2) is 35.6 Å². The van der Waals surface area contributed by atoms with Crippen LogP contribution >= 0.6 is 0 Å². The third kappa shape index (κ3) is 0.769. The molecule has 0 bridgehead atoms. The molecule has 2 atom stereocenters. The first-order valence-corrected chi connectivity index (χ1v) is 4.62. The number of hydrogen-bond acceptors (Lipinski definition) is 3. The first-order chi connectivity index (χ1) is 5.70. The van der Waals surface area contributed by atoms with E-state index in [1.54, 1.807) is 0 Å². The number of likely N-dealkylation sites (tertiary alicyclic amines) is 1. The second-order valence-corrected chi connectivity index (χ2v) is 4.04. The van der Waals surface area contributed by atoms with E-state index in [0.29, 0.717) is 12.1 Å². The zero-order valence-corrected chi connectivity index (χ0v) is 7.67. The molecule has 0 radical (unpaired) electrons. The van der Waals surface area contributed by atoms with Gasteiger partial charge in [-0.3, -0.25) is 4.90 Å². The Labute approximate surface area is 73.3 Å². The van der Waals surface area contributed by atoms with E-state index in [1.807, 2.05) is 0 Å². The maximum atomic E-state index is 9.13. The molecule has 66 valence electrons. The van der Waals surface area contributed by atoms with E-state index in [1.165, 1.54) is 0 Å². The molecule has 3 nitrogen and oxygen atoms in total. The minimum absolute atomic E-state index is 0.159. The predicted molar refractivity (Wildman–Crippen MR) is 46.6 cm³/mol. The van der Waals surface area contributed by atoms with Crippen molar-refractivity contribution in [2.45, 2.75) is 37.9 Å². The molecule has 2 saturated heterocycles. The Morgan fingerprint density at radius 2 is 2.42 bits per heavy atom. The van der Waals surface area contributed by atoms with E-state index >= 15 is 0 Å². The van der Waals surface area contributed by atoms with Crippen LogP contribution in [0.25, 0.3) is 0 Å². The third-order valence-electron chi connectivity index (χ3n) is 3.18. The molecule has 2 rings (SSSR count). The lowest BCUT2D eigenvalue weighted by Crippen LogP contribution is -2.71. The van der Waals surface area contributed by atoms with E-state index in [0.717, 1.165) is 19.5 Å². The minimum Gasteiger partial charge on any atom is -0.310 e. The fourth-order valence-electron chi connectivity index (χ4n) is 2.46. The molecule has 2 fully saturated rings. The minimum atomic E-state index is -0.159. The average molecular weight is 165 g/mol. The summed E-state index contributed by atoms with van der Waals surface area (Å²) in [4.78, 5) is 2.30. The lowest BCUT2D eigenvalue weighted by molar-refractivity contribution is -0.0105. The molecule has 0 spiro atoms. The molecule has 2 heterocycles. The molecule has 0 aromatic heterocycles. The monoisotopic (exact) mass is 165 g/mol. The van der Waals surface area contributed by atoms with Crippen LogP contribution in [0, 0.1) is 11.3 Å². The Morgan fingerprint density at radius 1 is 1.67 bits per heavy atom. The summed E-state index contributed by atoms with van der Waals surface area (Å²) in [5, 5.41) is 12.5. The van der Waals surface area contributed by atoms with Gasteiger partial charge >= 0.3 is 0 Å². The predicted octanol–water partition coefficient (Wildman–Crippen LogP) is 0.335. The van der Waals surface area contributed by atoms with Gasteiger partial charge in [0.2, 0.25) is 0 Å². The summed E-state index contributed by atoms with van der Waals surface area (Å²) in [6, 6.07) is 3.41. The molecule has 1 N–H and O–H groups in total. The first-order valence-electron chi connectivity index (χ1n) is 4.62. The maximum Gasteiger partial charge on any atom is 0.127 e. The van der Waals surface area contributed by atoms with E-state index in [9.17, 15) is 0 Å². The van der Waals surface area contributed by atoms with Gasteiger partial charge < -0.3 is 5.32 Å². The quantitative estimate of drug-likeness (QED) is 0.609. The van der Waals surface area contributed by atoms with Crippen molar-refractivity contribution in [3.63, 3.8) is 0 Å². The Kier molecular flexibility index (Phi) is 1.64. The van der Waals surface area contributed by atoms with Crippen LogP contribution < -0.4 is 5.32 Å². The van der Waals surface area contributed by atoms with E-state index in [4.69, 9.17) is 5.26 Å². The highest BCUT2D eigenvalue weighted by atomic mass is 15.4. The summed E-state index contributed by atoms with van der Waals surface area (Å²) in [6.45, 7) is 6.37. The van der Waals surface area contributed by atoms with Gasteiger partial charge in [0.25, 0.3) is 0 Å². The number of nitrogens with zero attached hydrogens (tertiary/aromatic N) is 2. The maximum absolute atomic E-state index is 9.13. The molecule has 0 aromatic carbocycles. The molecular weight excluding hydrogens is 150 g/mol. The molecular formula is C9H15N3. The fraction of sp³-hybridized carbons (Fsp3) is 0.889. The fourth-order valence-corrected chi connectivity index (χ4v) is 2.46. The summed E-state index contributed by atoms with van der Waals surface area (Å²) in [5.74, 6) is 0. The molecule has 2 unspecified atom stereocenters. The van der Waals surface area contributed by atoms with Gasteiger partial charge in [-0.2, -0.15) is 5.26 Å². The van der Waals surface area contributed by atoms with Crippen LogP contribution in [0.15, 0.2) is 0 Å². The van der Waals surface area contributed by atoms with Crippen molar-refractivity contribution >= 4 is 0 Å². The van der Waals surface area contributed by atoms with Crippen LogP contribution in [0.1, 0.15) is 20.3 Å². The third-order valence-corrected chi connectivity index (χ3v) is 3.18. The zero-order valence-electron chi connectivity index (χ0n) is 7.67. The van der Waals surface area contributed by atoms with E-state index in [2.05, 4.69) is 30.1 Å². The highest BCUT2D eigenvalue weighted by molar-refractivity contribution is 5.26. The second kappa shape index (κ2) is 2.45. The van der Waals surface area contributed by atoms with Gasteiger partial charge in [0.05, 0.1) is 12.1 Å². The average Bonchev–Trinajstić information content (AvgIpc) is 2.29. The van der Waals surface area contributed by atoms with Crippen molar-refractivity contribution in [2.24, 2.45) is 0 Å². The van der Waals surface area contributed by atoms with Gasteiger partial charge in [0, 0.05) is 12.6 Å². The summed E-state index contributed by atoms with van der Waals surface area (Å²) in [6.07, 6.45) is 0.992. The van der Waals surface area contributed by atoms with Crippen molar-refractivity contribution in [2.75, 3.05) is 13.1 Å². The molecule has 2 aliphatic rings. The van der Waals surface area contributed by atoms with E-state index < -0.39 is 0 Å². The molecule has 0 saturated carbocycles. The van der Waals surface area contributed by atoms with Crippen molar-refractivity contribution in [1.29, 1.82) is 5.26 Å². The van der Waals surface area contributed by atoms with Gasteiger partial charge in [0.15, 0.2) is 0 Å². The van der Waals surface area contributed by atoms with Crippen LogP contribution in [0.2, 0.25) is 0 Å². The smallest absolute Gasteiger partial charge is 0.127 e. The number of nitriles is 1. The second-order valence-electron chi connectivity index (χ2n) is 4.04. The summed E-state index contributed by atoms with van der Waals surface area (Å²) in [5.41, 5.74) is -0.159. The highest BCUT2D eigenvalue weighted by Gasteiger charge is 2.57. The molecule has 0 amide bonds. The topological polar surface area (TPSA) is 39.1 Å². The van der Waals surface area contributed by atoms with Crippen LogP contribution in [-0.2, 0) is 0 Å². The molecule has 0 aromatic rings. The normalized spacial score (nSPS) is 40.7. The SMILES string of the molecule is CC(C)N1CC2NCCC21C#N. The van der Waals surface area contributed by atoms with Crippen molar-refractivity contribution in [3.8, 4) is 6.07 Å². The van der Waals surface area contributed by atoms with Gasteiger partial charge in [-0.25, -0.2) is 0 Å². The summed E-state index contributed by atoms with van der Waals surface area (Å²) >= 11 is 0. The Hall–Kier alpha value is -0.590. The van der Waals surface area contributed by atoms with E-state index in [-0.39, 0.29) is 5.54 Å². The lowest BCUT2D eigenvalue weighted by atomic mass is 9.80. The van der Waals surface area contributed by atoms with Crippen LogP contribution in [0.5, 0.6) is 0 Å². The number of hydrogen-bond donors (Lipinski definition) is 1. The Bertz CT molecular complexity index is 230. The molecule has 12 heavy (non-hydrogen) atoms. The zero-order chi connectivity index (χ0) is 8.77. The highest BCUT2D eigenvalue weighted by Crippen LogP contribution is 2.38. The standard InChI is InChI=1S/C9H15N3/c1-7(2)12-5-8-9(12,6-10)3-4-11-8/h7-8,11H,3-5H2,1-2H3. The summed E-state index contributed by atoms with van der Waals surface area (Å²) < 4.78 is 0. The van der Waals surface area contributed by atoms with Crippen LogP contribution in [0.3, 0.4) is 0 Å². The van der Waals surface area contributed by atoms with Gasteiger partial charge in [0.1, 0.15) is 5.54 Å². The van der Waals surface area contributed by atoms with Crippen molar-refractivity contribution in [3.05, 3.63) is 0 Å². The van der Waals surface area contributed by atoms with Crippen molar-refractivity contribution in [1.82, 2.24) is 10.2 Å². The molecule has 2 aliphatic heterocycles. The first kappa shape index (κ1) is 8.03. The Morgan fingerprint density at radius 3 is 2.92 bits per heavy atom. The number of nitrogens with one attached hydrogen (secondary N) is 1. The molecule has 3 heteroatoms.